The van der Waals surface area contributed by atoms with Crippen LogP contribution in [0.25, 0.3) is 0 Å². The SMILES string of the molecule is CC(C)CC(NC(C)C(=O)O)C(=O)O.CCc1csc(Cc2cc(C)cc(C)c2)n1. The molecule has 3 N–H and O–H groups in total. The van der Waals surface area contributed by atoms with Gasteiger partial charge in [-0.15, -0.1) is 11.3 Å². The zero-order valence-corrected chi connectivity index (χ0v) is 19.5. The summed E-state index contributed by atoms with van der Waals surface area (Å²) in [5.41, 5.74) is 5.25. The number of rotatable bonds is 9. The Morgan fingerprint density at radius 2 is 1.67 bits per heavy atom. The van der Waals surface area contributed by atoms with Gasteiger partial charge in [-0.2, -0.15) is 0 Å². The lowest BCUT2D eigenvalue weighted by Gasteiger charge is -2.18. The van der Waals surface area contributed by atoms with Crippen LogP contribution in [-0.4, -0.2) is 39.2 Å². The van der Waals surface area contributed by atoms with Crippen molar-refractivity contribution < 1.29 is 19.8 Å². The van der Waals surface area contributed by atoms with Crippen molar-refractivity contribution in [1.82, 2.24) is 10.3 Å². The fourth-order valence-electron chi connectivity index (χ4n) is 3.02. The van der Waals surface area contributed by atoms with Crippen LogP contribution in [0.5, 0.6) is 0 Å². The molecule has 1 heterocycles. The summed E-state index contributed by atoms with van der Waals surface area (Å²) in [5, 5.41) is 23.3. The van der Waals surface area contributed by atoms with E-state index in [9.17, 15) is 9.59 Å². The van der Waals surface area contributed by atoms with Crippen LogP contribution in [0, 0.1) is 19.8 Å². The first-order chi connectivity index (χ1) is 14.0. The van der Waals surface area contributed by atoms with E-state index in [0.29, 0.717) is 6.42 Å². The summed E-state index contributed by atoms with van der Waals surface area (Å²) in [4.78, 5) is 25.8. The third-order valence-electron chi connectivity index (χ3n) is 4.43. The predicted octanol–water partition coefficient (Wildman–Crippen LogP) is 4.46. The summed E-state index contributed by atoms with van der Waals surface area (Å²) >= 11 is 1.77. The maximum atomic E-state index is 10.7. The van der Waals surface area contributed by atoms with E-state index in [0.717, 1.165) is 12.8 Å². The number of aromatic nitrogens is 1. The van der Waals surface area contributed by atoms with Crippen molar-refractivity contribution in [2.24, 2.45) is 5.92 Å². The molecule has 0 aliphatic rings. The lowest BCUT2D eigenvalue weighted by Crippen LogP contribution is -2.46. The van der Waals surface area contributed by atoms with Gasteiger partial charge >= 0.3 is 11.9 Å². The van der Waals surface area contributed by atoms with Gasteiger partial charge < -0.3 is 10.2 Å². The minimum atomic E-state index is -1.04. The summed E-state index contributed by atoms with van der Waals surface area (Å²) in [6.07, 6.45) is 2.42. The molecule has 0 radical (unpaired) electrons. The van der Waals surface area contributed by atoms with Crippen molar-refractivity contribution in [1.29, 1.82) is 0 Å². The maximum Gasteiger partial charge on any atom is 0.320 e. The van der Waals surface area contributed by atoms with Crippen molar-refractivity contribution in [3.8, 4) is 0 Å². The number of nitrogens with zero attached hydrogens (tertiary/aromatic N) is 1. The summed E-state index contributed by atoms with van der Waals surface area (Å²) in [6.45, 7) is 11.7. The zero-order chi connectivity index (χ0) is 22.8. The zero-order valence-electron chi connectivity index (χ0n) is 18.7. The van der Waals surface area contributed by atoms with Gasteiger partial charge in [0.05, 0.1) is 10.7 Å². The molecule has 0 saturated carbocycles. The number of benzene rings is 1. The second-order valence-electron chi connectivity index (χ2n) is 8.01. The molecule has 0 bridgehead atoms. The summed E-state index contributed by atoms with van der Waals surface area (Å²) in [5.74, 6) is -1.84. The van der Waals surface area contributed by atoms with Gasteiger partial charge in [-0.05, 0) is 45.1 Å². The molecule has 0 amide bonds. The summed E-state index contributed by atoms with van der Waals surface area (Å²) < 4.78 is 0. The Bertz CT molecular complexity index is 812. The van der Waals surface area contributed by atoms with Gasteiger partial charge in [0.15, 0.2) is 0 Å². The Labute approximate surface area is 183 Å². The van der Waals surface area contributed by atoms with Crippen molar-refractivity contribution >= 4 is 23.3 Å². The molecule has 6 nitrogen and oxygen atoms in total. The highest BCUT2D eigenvalue weighted by Gasteiger charge is 2.23. The van der Waals surface area contributed by atoms with Gasteiger partial charge in [0.2, 0.25) is 0 Å². The minimum absolute atomic E-state index is 0.213. The van der Waals surface area contributed by atoms with E-state index in [1.807, 2.05) is 13.8 Å². The summed E-state index contributed by atoms with van der Waals surface area (Å²) in [7, 11) is 0. The number of carbonyl (C=O) groups is 2. The van der Waals surface area contributed by atoms with Crippen LogP contribution in [-0.2, 0) is 22.4 Å². The molecule has 0 aliphatic heterocycles. The Morgan fingerprint density at radius 3 is 2.10 bits per heavy atom. The smallest absolute Gasteiger partial charge is 0.320 e. The number of aliphatic carboxylic acids is 2. The number of hydrogen-bond acceptors (Lipinski definition) is 5. The average molecular weight is 435 g/mol. The van der Waals surface area contributed by atoms with E-state index >= 15 is 0 Å². The normalized spacial score (nSPS) is 12.8. The molecule has 1 aromatic heterocycles. The molecule has 0 aliphatic carbocycles. The third-order valence-corrected chi connectivity index (χ3v) is 5.32. The Kier molecular flexibility index (Phi) is 10.7. The Morgan fingerprint density at radius 1 is 1.07 bits per heavy atom. The van der Waals surface area contributed by atoms with Crippen LogP contribution in [0.1, 0.15) is 61.5 Å². The lowest BCUT2D eigenvalue weighted by atomic mass is 10.0. The highest BCUT2D eigenvalue weighted by Crippen LogP contribution is 2.17. The van der Waals surface area contributed by atoms with E-state index in [-0.39, 0.29) is 5.92 Å². The van der Waals surface area contributed by atoms with Crippen LogP contribution in [0.15, 0.2) is 23.6 Å². The van der Waals surface area contributed by atoms with Crippen LogP contribution >= 0.6 is 11.3 Å². The number of nitrogens with one attached hydrogen (secondary N) is 1. The van der Waals surface area contributed by atoms with Crippen molar-refractivity contribution in [3.63, 3.8) is 0 Å². The minimum Gasteiger partial charge on any atom is -0.480 e. The topological polar surface area (TPSA) is 99.5 Å². The average Bonchev–Trinajstić information content (AvgIpc) is 3.07. The molecule has 2 aromatic rings. The molecule has 0 fully saturated rings. The first kappa shape index (κ1) is 25.8. The van der Waals surface area contributed by atoms with Crippen LogP contribution in [0.3, 0.4) is 0 Å². The number of aryl methyl sites for hydroxylation is 3. The molecular weight excluding hydrogens is 400 g/mol. The van der Waals surface area contributed by atoms with E-state index < -0.39 is 24.0 Å². The largest absolute Gasteiger partial charge is 0.480 e. The molecule has 2 unspecified atom stereocenters. The first-order valence-electron chi connectivity index (χ1n) is 10.2. The van der Waals surface area contributed by atoms with Crippen molar-refractivity contribution in [3.05, 3.63) is 51.0 Å². The van der Waals surface area contributed by atoms with E-state index in [1.54, 1.807) is 11.3 Å². The fourth-order valence-corrected chi connectivity index (χ4v) is 3.93. The predicted molar refractivity (Wildman–Crippen MR) is 121 cm³/mol. The van der Waals surface area contributed by atoms with E-state index in [1.165, 1.54) is 34.3 Å². The van der Waals surface area contributed by atoms with Crippen molar-refractivity contribution in [2.45, 2.75) is 72.9 Å². The number of carboxylic acid groups (broad SMARTS) is 2. The molecular formula is C23H34N2O4S. The van der Waals surface area contributed by atoms with Gasteiger partial charge in [-0.1, -0.05) is 50.1 Å². The molecule has 7 heteroatoms. The molecule has 0 spiro atoms. The van der Waals surface area contributed by atoms with E-state index in [2.05, 4.69) is 54.7 Å². The Hall–Kier alpha value is -2.25. The van der Waals surface area contributed by atoms with Crippen LogP contribution in [0.4, 0.5) is 0 Å². The van der Waals surface area contributed by atoms with Crippen LogP contribution < -0.4 is 5.32 Å². The van der Waals surface area contributed by atoms with E-state index in [4.69, 9.17) is 10.2 Å². The molecule has 166 valence electrons. The van der Waals surface area contributed by atoms with Gasteiger partial charge in [-0.25, -0.2) is 4.98 Å². The highest BCUT2D eigenvalue weighted by atomic mass is 32.1. The fraction of sp³-hybridized carbons (Fsp3) is 0.522. The first-order valence-corrected chi connectivity index (χ1v) is 11.1. The number of carboxylic acids is 2. The highest BCUT2D eigenvalue weighted by molar-refractivity contribution is 7.09. The quantitative estimate of drug-likeness (QED) is 0.539. The standard InChI is InChI=1S/C14H17NS.C9H17NO4/c1-4-13-9-16-14(15-13)8-12-6-10(2)5-11(3)7-12;1-5(2)4-7(9(13)14)10-6(3)8(11)12/h5-7,9H,4,8H2,1-3H3;5-7,10H,4H2,1-3H3,(H,11,12)(H,13,14). The summed E-state index contributed by atoms with van der Waals surface area (Å²) in [6, 6.07) is 5.08. The number of thiazole rings is 1. The molecule has 2 rings (SSSR count). The molecule has 2 atom stereocenters. The second-order valence-corrected chi connectivity index (χ2v) is 8.95. The lowest BCUT2D eigenvalue weighted by molar-refractivity contribution is -0.142. The van der Waals surface area contributed by atoms with Crippen molar-refractivity contribution in [2.75, 3.05) is 0 Å². The van der Waals surface area contributed by atoms with Gasteiger partial charge in [0.25, 0.3) is 0 Å². The maximum absolute atomic E-state index is 10.7. The third kappa shape index (κ3) is 9.50. The monoisotopic (exact) mass is 434 g/mol. The van der Waals surface area contributed by atoms with Gasteiger partial charge in [0, 0.05) is 11.8 Å². The second kappa shape index (κ2) is 12.4. The molecule has 1 aromatic carbocycles. The van der Waals surface area contributed by atoms with Gasteiger partial charge in [0.1, 0.15) is 12.1 Å². The Balaban J connectivity index is 0.000000304. The molecule has 30 heavy (non-hydrogen) atoms. The molecule has 0 saturated heterocycles. The van der Waals surface area contributed by atoms with Crippen LogP contribution in [0.2, 0.25) is 0 Å². The number of hydrogen-bond donors (Lipinski definition) is 3. The van der Waals surface area contributed by atoms with Gasteiger partial charge in [-0.3, -0.25) is 14.9 Å².